The highest BCUT2D eigenvalue weighted by Crippen LogP contribution is 2.44. The molecule has 0 bridgehead atoms. The van der Waals surface area contributed by atoms with Crippen molar-refractivity contribution in [3.63, 3.8) is 0 Å². The molecule has 25 heavy (non-hydrogen) atoms. The molecular weight excluding hydrogens is 423 g/mol. The molecule has 0 amide bonds. The van der Waals surface area contributed by atoms with E-state index in [1.165, 1.54) is 19.2 Å². The molecule has 0 saturated heterocycles. The number of hydrogen-bond donors (Lipinski definition) is 2. The van der Waals surface area contributed by atoms with Crippen molar-refractivity contribution >= 4 is 52.5 Å². The Kier molecular flexibility index (Phi) is 5.88. The number of halogens is 5. The first-order valence-electron chi connectivity index (χ1n) is 6.34. The van der Waals surface area contributed by atoms with Crippen molar-refractivity contribution in [3.05, 3.63) is 49.9 Å². The number of hydrogen-bond acceptors (Lipinski definition) is 4. The van der Waals surface area contributed by atoms with Crippen LogP contribution in [0.3, 0.4) is 0 Å². The lowest BCUT2D eigenvalue weighted by atomic mass is 10.2. The Morgan fingerprint density at radius 3 is 2.52 bits per heavy atom. The van der Waals surface area contributed by atoms with Gasteiger partial charge in [0.15, 0.2) is 0 Å². The molecule has 0 saturated carbocycles. The molecule has 1 aromatic heterocycles. The predicted molar refractivity (Wildman–Crippen MR) is 90.9 cm³/mol. The van der Waals surface area contributed by atoms with Gasteiger partial charge >= 0.3 is 11.4 Å². The fourth-order valence-electron chi connectivity index (χ4n) is 1.85. The molecule has 0 fully saturated rings. The van der Waals surface area contributed by atoms with E-state index >= 15 is 0 Å². The molecule has 0 atom stereocenters. The van der Waals surface area contributed by atoms with Crippen LogP contribution in [0.15, 0.2) is 32.8 Å². The second-order valence-electron chi connectivity index (χ2n) is 4.55. The summed E-state index contributed by atoms with van der Waals surface area (Å²) in [6.45, 7) is 0. The van der Waals surface area contributed by atoms with Gasteiger partial charge in [0.25, 0.3) is 5.56 Å². The van der Waals surface area contributed by atoms with Gasteiger partial charge in [-0.25, -0.2) is 4.79 Å². The van der Waals surface area contributed by atoms with Crippen molar-refractivity contribution in [1.29, 1.82) is 0 Å². The number of carboxylic acid groups (broad SMARTS) is 1. The summed E-state index contributed by atoms with van der Waals surface area (Å²) in [5, 5.41) is 5.47. The number of carboxylic acids is 1. The molecule has 0 aliphatic heterocycles. The quantitative estimate of drug-likeness (QED) is 0.664. The molecule has 0 radical (unpaired) electrons. The minimum atomic E-state index is -3.90. The number of rotatable bonds is 5. The van der Waals surface area contributed by atoms with Crippen molar-refractivity contribution < 1.29 is 23.4 Å². The maximum absolute atomic E-state index is 13.3. The van der Waals surface area contributed by atoms with E-state index < -0.39 is 28.2 Å². The lowest BCUT2D eigenvalue weighted by Gasteiger charge is -2.14. The van der Waals surface area contributed by atoms with Gasteiger partial charge in [0.2, 0.25) is 0 Å². The number of aromatic nitrogens is 1. The van der Waals surface area contributed by atoms with Crippen LogP contribution in [0.2, 0.25) is 10.0 Å². The van der Waals surface area contributed by atoms with Gasteiger partial charge in [-0.05, 0) is 29.8 Å². The number of H-pyrrole nitrogens is 1. The summed E-state index contributed by atoms with van der Waals surface area (Å²) in [6.07, 6.45) is 0. The van der Waals surface area contributed by atoms with Gasteiger partial charge in [0.05, 0.1) is 22.1 Å². The van der Waals surface area contributed by atoms with Crippen molar-refractivity contribution in [1.82, 2.24) is 4.98 Å². The van der Waals surface area contributed by atoms with Crippen LogP contribution >= 0.6 is 46.6 Å². The third-order valence-electron chi connectivity index (χ3n) is 2.96. The largest absolute Gasteiger partial charge is 0.495 e. The second kappa shape index (κ2) is 7.41. The summed E-state index contributed by atoms with van der Waals surface area (Å²) in [6, 6.07) is 3.66. The molecule has 0 unspecified atom stereocenters. The Labute approximate surface area is 158 Å². The highest BCUT2D eigenvalue weighted by molar-refractivity contribution is 7.99. The molecule has 5 nitrogen and oxygen atoms in total. The smallest absolute Gasteiger partial charge is 0.362 e. The summed E-state index contributed by atoms with van der Waals surface area (Å²) in [7, 11) is 1.35. The van der Waals surface area contributed by atoms with Gasteiger partial charge in [-0.3, -0.25) is 4.79 Å². The fourth-order valence-corrected chi connectivity index (χ4v) is 3.66. The third-order valence-corrected chi connectivity index (χ3v) is 5.25. The Morgan fingerprint density at radius 2 is 2.00 bits per heavy atom. The second-order valence-corrected chi connectivity index (χ2v) is 6.86. The van der Waals surface area contributed by atoms with E-state index in [0.29, 0.717) is 11.8 Å². The van der Waals surface area contributed by atoms with Gasteiger partial charge in [-0.15, -0.1) is 0 Å². The van der Waals surface area contributed by atoms with Crippen LogP contribution in [-0.4, -0.2) is 23.2 Å². The Morgan fingerprint density at radius 1 is 1.36 bits per heavy atom. The van der Waals surface area contributed by atoms with E-state index in [-0.39, 0.29) is 25.6 Å². The number of nitrogens with one attached hydrogen (secondary N) is 1. The minimum absolute atomic E-state index is 0.0378. The summed E-state index contributed by atoms with van der Waals surface area (Å²) in [5.74, 6) is -1.37. The number of ether oxygens (including phenoxy) is 1. The number of alkyl halides is 3. The zero-order valence-corrected chi connectivity index (χ0v) is 15.3. The summed E-state index contributed by atoms with van der Waals surface area (Å²) < 4.78 is 31.7. The van der Waals surface area contributed by atoms with E-state index in [1.807, 2.05) is 0 Å². The third kappa shape index (κ3) is 4.20. The van der Waals surface area contributed by atoms with E-state index in [0.717, 1.165) is 6.07 Å². The molecule has 1 aromatic carbocycles. The lowest BCUT2D eigenvalue weighted by Crippen LogP contribution is -2.23. The maximum Gasteiger partial charge on any atom is 0.362 e. The van der Waals surface area contributed by atoms with Crippen LogP contribution in [0.25, 0.3) is 0 Å². The van der Waals surface area contributed by atoms with Crippen molar-refractivity contribution in [2.45, 2.75) is 15.2 Å². The van der Waals surface area contributed by atoms with Crippen LogP contribution < -0.4 is 10.3 Å². The first-order chi connectivity index (χ1) is 11.6. The molecule has 1 heterocycles. The molecule has 2 aromatic rings. The fraction of sp³-hybridized carbons (Fsp3) is 0.143. The molecule has 0 aliphatic carbocycles. The van der Waals surface area contributed by atoms with Gasteiger partial charge in [-0.2, -0.15) is 8.78 Å². The monoisotopic (exact) mass is 429 g/mol. The summed E-state index contributed by atoms with van der Waals surface area (Å²) in [4.78, 5) is 24.8. The molecule has 0 spiro atoms. The highest BCUT2D eigenvalue weighted by Gasteiger charge is 2.32. The normalized spacial score (nSPS) is 11.4. The van der Waals surface area contributed by atoms with Crippen LogP contribution in [-0.2, 0) is 5.38 Å². The Bertz CT molecular complexity index is 899. The molecule has 0 aliphatic rings. The summed E-state index contributed by atoms with van der Waals surface area (Å²) in [5.41, 5.74) is -2.94. The summed E-state index contributed by atoms with van der Waals surface area (Å²) >= 11 is 17.7. The zero-order chi connectivity index (χ0) is 18.9. The number of pyridine rings is 1. The van der Waals surface area contributed by atoms with E-state index in [2.05, 4.69) is 0 Å². The van der Waals surface area contributed by atoms with Crippen molar-refractivity contribution in [2.75, 3.05) is 7.11 Å². The number of benzene rings is 1. The SMILES string of the molecule is COc1ccc(Cl)c(Sc2cc(C(F)(F)Cl)[nH]c(=O)c2C(=O)O)c1Cl. The number of carbonyl (C=O) groups is 1. The van der Waals surface area contributed by atoms with Crippen LogP contribution in [0, 0.1) is 0 Å². The lowest BCUT2D eigenvalue weighted by molar-refractivity contribution is 0.0686. The number of aromatic carboxylic acids is 1. The van der Waals surface area contributed by atoms with Gasteiger partial charge < -0.3 is 14.8 Å². The number of aromatic amines is 1. The highest BCUT2D eigenvalue weighted by atomic mass is 35.5. The average Bonchev–Trinajstić information content (AvgIpc) is 2.49. The predicted octanol–water partition coefficient (Wildman–Crippen LogP) is 4.83. The van der Waals surface area contributed by atoms with E-state index in [9.17, 15) is 23.5 Å². The van der Waals surface area contributed by atoms with E-state index in [4.69, 9.17) is 39.5 Å². The van der Waals surface area contributed by atoms with E-state index in [1.54, 1.807) is 4.98 Å². The number of methoxy groups -OCH3 is 1. The Hall–Kier alpha value is -1.48. The maximum atomic E-state index is 13.3. The first kappa shape index (κ1) is 19.8. The molecular formula is C14H8Cl3F2NO4S. The molecule has 134 valence electrons. The van der Waals surface area contributed by atoms with Crippen molar-refractivity contribution in [2.24, 2.45) is 0 Å². The molecule has 2 N–H and O–H groups in total. The van der Waals surface area contributed by atoms with Gasteiger partial charge in [0, 0.05) is 4.90 Å². The van der Waals surface area contributed by atoms with Gasteiger partial charge in [-0.1, -0.05) is 35.0 Å². The van der Waals surface area contributed by atoms with Crippen molar-refractivity contribution in [3.8, 4) is 5.75 Å². The van der Waals surface area contributed by atoms with Crippen LogP contribution in [0.4, 0.5) is 8.78 Å². The minimum Gasteiger partial charge on any atom is -0.495 e. The standard InChI is InChI=1S/C14H8Cl3F2NO4S/c1-24-6-3-2-5(15)11(10(6)16)25-7-4-8(14(17,18)19)20-12(21)9(7)13(22)23/h2-4H,1H3,(H,20,21)(H,22,23). The molecule has 2 rings (SSSR count). The Balaban J connectivity index is 2.69. The van der Waals surface area contributed by atoms with Crippen LogP contribution in [0.1, 0.15) is 16.1 Å². The van der Waals surface area contributed by atoms with Crippen LogP contribution in [0.5, 0.6) is 5.75 Å². The zero-order valence-electron chi connectivity index (χ0n) is 12.2. The molecule has 11 heteroatoms. The average molecular weight is 431 g/mol. The van der Waals surface area contributed by atoms with Gasteiger partial charge in [0.1, 0.15) is 17.0 Å². The topological polar surface area (TPSA) is 79.4 Å². The first-order valence-corrected chi connectivity index (χ1v) is 8.29.